The second kappa shape index (κ2) is 32.5. The predicted molar refractivity (Wildman–Crippen MR) is 280 cm³/mol. The summed E-state index contributed by atoms with van der Waals surface area (Å²) in [5, 5.41) is 26.8. The van der Waals surface area contributed by atoms with E-state index in [1.807, 2.05) is 19.9 Å². The standard InChI is InChI=1S/C52H68BF2N5O16S/c1-6-9-33(7-2)22-46(67)60(31-62)30-53-58-35(29-61)10-12-43(64)56-17-21-73-20-16-44(65)57-26-32(3)76-48(70)15-11-38(63)42-24-36-41(77-42)25-40(72-5)52(49(36)54)75-19-8-18-74-51-39(71-4)23-34-27-59(28-37(34)50(51)55)45(66)13-14-47(68)69/h9-10,23-25,29,32,53,58,62H,6-8,11-22,26-28,30-31H2,1-5H3,(H,56,64)(H,57,65)(H,68,69)/b33-9?,35-10+/t32-/m0/s1. The lowest BCUT2D eigenvalue weighted by molar-refractivity contribution is -0.148. The Morgan fingerprint density at radius 1 is 0.870 bits per heavy atom. The van der Waals surface area contributed by atoms with Crippen LogP contribution in [0.5, 0.6) is 23.0 Å². The fraction of sp³-hybridized carbons (Fsp3) is 0.500. The van der Waals surface area contributed by atoms with Gasteiger partial charge in [0.1, 0.15) is 12.8 Å². The molecule has 0 fully saturated rings. The van der Waals surface area contributed by atoms with Crippen molar-refractivity contribution in [1.29, 1.82) is 0 Å². The average Bonchev–Trinajstić information content (AvgIpc) is 4.06. The number of hydrogen-bond acceptors (Lipinski definition) is 17. The molecular weight excluding hydrogens is 1030 g/mol. The highest BCUT2D eigenvalue weighted by Crippen LogP contribution is 2.41. The number of methoxy groups -OCH3 is 2. The lowest BCUT2D eigenvalue weighted by atomic mass is 9.92. The molecule has 0 aliphatic carbocycles. The van der Waals surface area contributed by atoms with Gasteiger partial charge in [-0.3, -0.25) is 38.4 Å². The van der Waals surface area contributed by atoms with Gasteiger partial charge in [-0.2, -0.15) is 0 Å². The van der Waals surface area contributed by atoms with E-state index in [1.165, 1.54) is 42.2 Å². The molecule has 21 nitrogen and oxygen atoms in total. The zero-order chi connectivity index (χ0) is 56.4. The summed E-state index contributed by atoms with van der Waals surface area (Å²) < 4.78 is 64.9. The molecule has 1 aliphatic heterocycles. The van der Waals surface area contributed by atoms with Gasteiger partial charge < -0.3 is 64.3 Å². The molecule has 1 atom stereocenters. The van der Waals surface area contributed by atoms with Gasteiger partial charge in [-0.15, -0.1) is 11.3 Å². The first-order valence-corrected chi connectivity index (χ1v) is 26.0. The Kier molecular flexibility index (Phi) is 26.3. The summed E-state index contributed by atoms with van der Waals surface area (Å²) in [6.45, 7) is 5.22. The quantitative estimate of drug-likeness (QED) is 0.00780. The van der Waals surface area contributed by atoms with Crippen molar-refractivity contribution >= 4 is 76.5 Å². The summed E-state index contributed by atoms with van der Waals surface area (Å²) in [5.74, 6) is -5.35. The number of aliphatic hydroxyl groups excluding tert-OH is 1. The number of benzene rings is 2. The Labute approximate surface area is 449 Å². The van der Waals surface area contributed by atoms with Crippen molar-refractivity contribution < 1.29 is 85.8 Å². The highest BCUT2D eigenvalue weighted by molar-refractivity contribution is 7.20. The third kappa shape index (κ3) is 19.8. The maximum atomic E-state index is 15.9. The van der Waals surface area contributed by atoms with Gasteiger partial charge in [0, 0.05) is 86.3 Å². The number of nitrogens with one attached hydrogen (secondary N) is 3. The number of aliphatic carboxylic acids is 1. The Bertz CT molecular complexity index is 2630. The van der Waals surface area contributed by atoms with Crippen LogP contribution >= 0.6 is 11.3 Å². The van der Waals surface area contributed by atoms with Gasteiger partial charge in [0.05, 0.1) is 70.6 Å². The molecule has 3 aromatic rings. The van der Waals surface area contributed by atoms with E-state index in [2.05, 4.69) is 15.9 Å². The summed E-state index contributed by atoms with van der Waals surface area (Å²) in [5.41, 5.74) is 1.88. The number of carbonyl (C=O) groups is 8. The molecule has 0 saturated carbocycles. The van der Waals surface area contributed by atoms with Crippen LogP contribution in [0.4, 0.5) is 8.78 Å². The number of rotatable bonds is 36. The number of carboxylic acids is 1. The minimum absolute atomic E-state index is 0.00624. The van der Waals surface area contributed by atoms with Crippen LogP contribution in [0.1, 0.15) is 106 Å². The number of halogens is 2. The lowest BCUT2D eigenvalue weighted by Crippen LogP contribution is -2.39. The molecule has 1 aromatic heterocycles. The molecule has 77 heavy (non-hydrogen) atoms. The first-order valence-electron chi connectivity index (χ1n) is 25.2. The van der Waals surface area contributed by atoms with Crippen LogP contribution in [0.2, 0.25) is 0 Å². The minimum atomic E-state index is -1.11. The summed E-state index contributed by atoms with van der Waals surface area (Å²) in [6.07, 6.45) is 4.10. The van der Waals surface area contributed by atoms with Gasteiger partial charge in [-0.25, -0.2) is 8.78 Å². The lowest BCUT2D eigenvalue weighted by Gasteiger charge is -2.20. The molecule has 420 valence electrons. The number of Topliss-reactive ketones (excluding diaryl/α,β-unsaturated/α-hetero) is 1. The maximum absolute atomic E-state index is 15.9. The highest BCUT2D eigenvalue weighted by Gasteiger charge is 2.31. The number of allylic oxidation sites excluding steroid dienone is 2. The van der Waals surface area contributed by atoms with Crippen LogP contribution in [0, 0.1) is 11.6 Å². The van der Waals surface area contributed by atoms with Crippen molar-refractivity contribution in [2.24, 2.45) is 0 Å². The molecule has 0 radical (unpaired) electrons. The summed E-state index contributed by atoms with van der Waals surface area (Å²) in [6, 6.07) is 4.45. The van der Waals surface area contributed by atoms with Gasteiger partial charge in [-0.05, 0) is 43.5 Å². The topological polar surface area (TPSA) is 275 Å². The molecular formula is C52H68BF2N5O16S. The number of ketones is 1. The molecule has 4 amide bonds. The van der Waals surface area contributed by atoms with Crippen LogP contribution < -0.4 is 34.8 Å². The van der Waals surface area contributed by atoms with E-state index in [-0.39, 0.29) is 180 Å². The Balaban J connectivity index is 1.11. The van der Waals surface area contributed by atoms with E-state index in [9.17, 15) is 43.5 Å². The zero-order valence-corrected chi connectivity index (χ0v) is 44.9. The van der Waals surface area contributed by atoms with Crippen LogP contribution in [0.3, 0.4) is 0 Å². The minimum Gasteiger partial charge on any atom is -0.493 e. The smallest absolute Gasteiger partial charge is 0.306 e. The van der Waals surface area contributed by atoms with Gasteiger partial charge >= 0.3 is 11.9 Å². The van der Waals surface area contributed by atoms with Gasteiger partial charge in [0.15, 0.2) is 46.7 Å². The number of ether oxygens (including phenoxy) is 6. The van der Waals surface area contributed by atoms with Crippen molar-refractivity contribution in [2.45, 2.75) is 104 Å². The summed E-state index contributed by atoms with van der Waals surface area (Å²) in [4.78, 5) is 101. The van der Waals surface area contributed by atoms with Crippen LogP contribution in [-0.4, -0.2) is 148 Å². The largest absolute Gasteiger partial charge is 0.493 e. The zero-order valence-electron chi connectivity index (χ0n) is 44.1. The first-order chi connectivity index (χ1) is 37.0. The summed E-state index contributed by atoms with van der Waals surface area (Å²) >= 11 is 1.01. The molecule has 2 heterocycles. The van der Waals surface area contributed by atoms with Crippen LogP contribution in [0.25, 0.3) is 10.1 Å². The number of aldehydes is 1. The monoisotopic (exact) mass is 1100 g/mol. The molecule has 0 saturated heterocycles. The van der Waals surface area contributed by atoms with Crippen LogP contribution in [0.15, 0.2) is 41.6 Å². The van der Waals surface area contributed by atoms with Crippen molar-refractivity contribution in [2.75, 3.05) is 66.9 Å². The maximum Gasteiger partial charge on any atom is 0.306 e. The molecule has 2 aromatic carbocycles. The van der Waals surface area contributed by atoms with E-state index in [0.717, 1.165) is 29.8 Å². The molecule has 5 N–H and O–H groups in total. The number of esters is 1. The van der Waals surface area contributed by atoms with Crippen molar-refractivity contribution in [3.05, 3.63) is 69.3 Å². The number of amides is 4. The van der Waals surface area contributed by atoms with E-state index in [1.54, 1.807) is 13.0 Å². The predicted octanol–water partition coefficient (Wildman–Crippen LogP) is 4.57. The fourth-order valence-corrected chi connectivity index (χ4v) is 8.80. The third-order valence-corrected chi connectivity index (χ3v) is 13.0. The number of fused-ring (bicyclic) bond motifs is 2. The van der Waals surface area contributed by atoms with Crippen molar-refractivity contribution in [3.63, 3.8) is 0 Å². The van der Waals surface area contributed by atoms with Crippen molar-refractivity contribution in [3.8, 4) is 23.0 Å². The van der Waals surface area contributed by atoms with Gasteiger partial charge in [0.25, 0.3) is 7.41 Å². The van der Waals surface area contributed by atoms with E-state index >= 15 is 8.78 Å². The van der Waals surface area contributed by atoms with Crippen LogP contribution in [-0.2, 0) is 56.1 Å². The number of carbonyl (C=O) groups excluding carboxylic acids is 7. The van der Waals surface area contributed by atoms with Crippen molar-refractivity contribution in [1.82, 2.24) is 25.7 Å². The van der Waals surface area contributed by atoms with E-state index in [4.69, 9.17) is 33.5 Å². The van der Waals surface area contributed by atoms with E-state index < -0.39 is 48.1 Å². The molecule has 0 spiro atoms. The number of carboxylic acid groups (broad SMARTS) is 1. The molecule has 0 unspecified atom stereocenters. The van der Waals surface area contributed by atoms with Gasteiger partial charge in [-0.1, -0.05) is 25.5 Å². The number of nitrogens with zero attached hydrogens (tertiary/aromatic N) is 2. The normalized spacial score (nSPS) is 12.5. The first kappa shape index (κ1) is 62.4. The molecule has 4 rings (SSSR count). The second-order valence-corrected chi connectivity index (χ2v) is 18.6. The Morgan fingerprint density at radius 3 is 2.25 bits per heavy atom. The van der Waals surface area contributed by atoms with E-state index in [0.29, 0.717) is 16.5 Å². The molecule has 0 bridgehead atoms. The number of hydrogen-bond donors (Lipinski definition) is 5. The SMILES string of the molecule is CCC=C(CC)CC(=O)N(CO)CBN/C(C=O)=C/CC(=O)NCCOCCC(=O)NC[C@H](C)OC(=O)CCC(=O)c1cc2c(F)c(OCCCOc3c(OC)cc4c(c3F)CN(C(=O)CCC(=O)O)C4)c(OC)cc2s1. The highest BCUT2D eigenvalue weighted by atomic mass is 32.1. The molecule has 25 heteroatoms. The Morgan fingerprint density at radius 2 is 1.58 bits per heavy atom. The van der Waals surface area contributed by atoms with Gasteiger partial charge in [0.2, 0.25) is 23.6 Å². The number of aliphatic hydroxyl groups is 1. The summed E-state index contributed by atoms with van der Waals surface area (Å²) in [7, 11) is 2.85. The number of thiophene rings is 1. The Hall–Kier alpha value is -7.12. The molecule has 1 aliphatic rings. The fourth-order valence-electron chi connectivity index (χ4n) is 7.75. The second-order valence-electron chi connectivity index (χ2n) is 17.5. The average molecular weight is 1100 g/mol. The third-order valence-electron chi connectivity index (χ3n) is 11.9.